The van der Waals surface area contributed by atoms with Gasteiger partial charge in [0.05, 0.1) is 5.56 Å². The molecule has 0 unspecified atom stereocenters. The third-order valence-corrected chi connectivity index (χ3v) is 6.34. The molecule has 6 rings (SSSR count). The van der Waals surface area contributed by atoms with Crippen LogP contribution in [0.1, 0.15) is 21.5 Å². The van der Waals surface area contributed by atoms with E-state index in [2.05, 4.69) is 54.6 Å². The minimum absolute atomic E-state index is 0.0752. The van der Waals surface area contributed by atoms with E-state index < -0.39 is 0 Å². The van der Waals surface area contributed by atoms with Crippen LogP contribution >= 0.6 is 0 Å². The van der Waals surface area contributed by atoms with Crippen molar-refractivity contribution in [1.29, 1.82) is 0 Å². The van der Waals surface area contributed by atoms with Gasteiger partial charge in [0.15, 0.2) is 5.78 Å². The van der Waals surface area contributed by atoms with E-state index in [1.165, 1.54) is 26.9 Å². The van der Waals surface area contributed by atoms with Gasteiger partial charge >= 0.3 is 0 Å². The van der Waals surface area contributed by atoms with Gasteiger partial charge in [-0.25, -0.2) is 0 Å². The molecule has 6 aromatic rings. The summed E-state index contributed by atoms with van der Waals surface area (Å²) >= 11 is 0. The Hall–Kier alpha value is -4.43. The number of para-hydroxylation sites is 1. The number of ether oxygens (including phenoxy) is 1. The van der Waals surface area contributed by atoms with Crippen LogP contribution in [0.5, 0.6) is 5.75 Å². The van der Waals surface area contributed by atoms with Crippen LogP contribution in [0.15, 0.2) is 115 Å². The lowest BCUT2D eigenvalue weighted by molar-refractivity contribution is 0.104. The molecule has 0 aliphatic carbocycles. The first-order valence-electron chi connectivity index (χ1n) is 11.4. The summed E-state index contributed by atoms with van der Waals surface area (Å²) in [5.74, 6) is 0.518. The van der Waals surface area contributed by atoms with Gasteiger partial charge in [0.1, 0.15) is 12.4 Å². The molecule has 0 heterocycles. The third kappa shape index (κ3) is 3.60. The Kier molecular flexibility index (Phi) is 5.04. The van der Waals surface area contributed by atoms with Crippen LogP contribution < -0.4 is 4.74 Å². The highest BCUT2D eigenvalue weighted by Crippen LogP contribution is 2.37. The predicted molar refractivity (Wildman–Crippen MR) is 141 cm³/mol. The summed E-state index contributed by atoms with van der Waals surface area (Å²) in [4.78, 5) is 13.2. The highest BCUT2D eigenvalue weighted by atomic mass is 16.5. The highest BCUT2D eigenvalue weighted by Gasteiger charge is 2.12. The highest BCUT2D eigenvalue weighted by molar-refractivity contribution is 6.25. The zero-order chi connectivity index (χ0) is 22.9. The second-order valence-corrected chi connectivity index (χ2v) is 8.48. The smallest absolute Gasteiger partial charge is 0.189 e. The number of rotatable bonds is 6. The van der Waals surface area contributed by atoms with Crippen molar-refractivity contribution in [3.8, 4) is 5.75 Å². The van der Waals surface area contributed by atoms with Crippen molar-refractivity contribution >= 4 is 44.2 Å². The molecule has 0 fully saturated rings. The van der Waals surface area contributed by atoms with Crippen molar-refractivity contribution in [2.45, 2.75) is 6.61 Å². The summed E-state index contributed by atoms with van der Waals surface area (Å²) < 4.78 is 6.00. The minimum atomic E-state index is -0.0752. The van der Waals surface area contributed by atoms with E-state index in [1.54, 1.807) is 6.08 Å². The summed E-state index contributed by atoms with van der Waals surface area (Å²) in [7, 11) is 0. The Morgan fingerprint density at radius 2 is 1.38 bits per heavy atom. The zero-order valence-corrected chi connectivity index (χ0v) is 18.6. The van der Waals surface area contributed by atoms with Crippen LogP contribution in [-0.2, 0) is 6.61 Å². The second kappa shape index (κ2) is 8.49. The number of benzene rings is 6. The van der Waals surface area contributed by atoms with Crippen molar-refractivity contribution < 1.29 is 9.53 Å². The Morgan fingerprint density at radius 1 is 0.676 bits per heavy atom. The normalized spacial score (nSPS) is 11.6. The molecule has 6 aromatic carbocycles. The molecule has 2 nitrogen and oxygen atoms in total. The van der Waals surface area contributed by atoms with Gasteiger partial charge in [-0.2, -0.15) is 0 Å². The topological polar surface area (TPSA) is 26.3 Å². The molecule has 0 spiro atoms. The maximum atomic E-state index is 13.2. The molecule has 34 heavy (non-hydrogen) atoms. The fourth-order valence-corrected chi connectivity index (χ4v) is 4.71. The first kappa shape index (κ1) is 20.2. The summed E-state index contributed by atoms with van der Waals surface area (Å²) in [6.07, 6.45) is 3.59. The molecule has 0 amide bonds. The fourth-order valence-electron chi connectivity index (χ4n) is 4.71. The standard InChI is InChI=1S/C32H22O2/c33-29(28-13-4-5-15-30(28)34-21-22-8-2-1-3-9-22)19-18-25-20-26-12-6-10-23-16-17-24-11-7-14-27(25)32(24)31(23)26/h1-20H,21H2/b19-18+. The van der Waals surface area contributed by atoms with E-state index in [4.69, 9.17) is 4.74 Å². The van der Waals surface area contributed by atoms with Crippen LogP contribution in [-0.4, -0.2) is 5.78 Å². The maximum Gasteiger partial charge on any atom is 0.189 e. The molecule has 162 valence electrons. The SMILES string of the molecule is O=C(/C=C/c1cc2cccc3ccc4cccc1c4c32)c1ccccc1OCc1ccccc1. The van der Waals surface area contributed by atoms with Crippen LogP contribution in [0.2, 0.25) is 0 Å². The van der Waals surface area contributed by atoms with E-state index in [-0.39, 0.29) is 5.78 Å². The number of ketones is 1. The summed E-state index contributed by atoms with van der Waals surface area (Å²) in [6.45, 7) is 0.419. The van der Waals surface area contributed by atoms with Crippen molar-refractivity contribution in [2.75, 3.05) is 0 Å². The van der Waals surface area contributed by atoms with Crippen LogP contribution in [0, 0.1) is 0 Å². The van der Waals surface area contributed by atoms with Crippen LogP contribution in [0.25, 0.3) is 38.4 Å². The monoisotopic (exact) mass is 438 g/mol. The van der Waals surface area contributed by atoms with Crippen LogP contribution in [0.3, 0.4) is 0 Å². The van der Waals surface area contributed by atoms with Gasteiger partial charge in [-0.3, -0.25) is 4.79 Å². The predicted octanol–water partition coefficient (Wildman–Crippen LogP) is 8.06. The Labute approximate surface area is 198 Å². The number of hydrogen-bond donors (Lipinski definition) is 0. The Morgan fingerprint density at radius 3 is 2.24 bits per heavy atom. The van der Waals surface area contributed by atoms with E-state index in [1.807, 2.05) is 60.7 Å². The van der Waals surface area contributed by atoms with Crippen molar-refractivity contribution in [1.82, 2.24) is 0 Å². The van der Waals surface area contributed by atoms with E-state index in [0.29, 0.717) is 17.9 Å². The van der Waals surface area contributed by atoms with Gasteiger partial charge in [0.25, 0.3) is 0 Å². The van der Waals surface area contributed by atoms with Crippen molar-refractivity contribution in [3.05, 3.63) is 132 Å². The van der Waals surface area contributed by atoms with Gasteiger partial charge in [0.2, 0.25) is 0 Å². The summed E-state index contributed by atoms with van der Waals surface area (Å²) in [5.41, 5.74) is 2.66. The van der Waals surface area contributed by atoms with Crippen LogP contribution in [0.4, 0.5) is 0 Å². The molecule has 0 radical (unpaired) electrons. The second-order valence-electron chi connectivity index (χ2n) is 8.48. The molecule has 2 heteroatoms. The molecule has 0 aliphatic heterocycles. The number of carbonyl (C=O) groups is 1. The fraction of sp³-hybridized carbons (Fsp3) is 0.0312. The van der Waals surface area contributed by atoms with Crippen molar-refractivity contribution in [2.24, 2.45) is 0 Å². The molecule has 0 saturated carbocycles. The number of carbonyl (C=O) groups excluding carboxylic acids is 1. The Balaban J connectivity index is 1.36. The number of allylic oxidation sites excluding steroid dienone is 1. The zero-order valence-electron chi connectivity index (χ0n) is 18.6. The third-order valence-electron chi connectivity index (χ3n) is 6.34. The largest absolute Gasteiger partial charge is 0.488 e. The van der Waals surface area contributed by atoms with Gasteiger partial charge in [-0.15, -0.1) is 0 Å². The molecule has 0 atom stereocenters. The number of hydrogen-bond acceptors (Lipinski definition) is 2. The molecular weight excluding hydrogens is 416 g/mol. The minimum Gasteiger partial charge on any atom is -0.488 e. The van der Waals surface area contributed by atoms with Gasteiger partial charge < -0.3 is 4.74 Å². The summed E-state index contributed by atoms with van der Waals surface area (Å²) in [6, 6.07) is 36.6. The van der Waals surface area contributed by atoms with E-state index in [9.17, 15) is 4.79 Å². The Bertz CT molecular complexity index is 1660. The molecule has 0 aromatic heterocycles. The van der Waals surface area contributed by atoms with Gasteiger partial charge in [0, 0.05) is 0 Å². The molecule has 0 aliphatic rings. The van der Waals surface area contributed by atoms with E-state index in [0.717, 1.165) is 16.5 Å². The summed E-state index contributed by atoms with van der Waals surface area (Å²) in [5, 5.41) is 7.30. The first-order valence-corrected chi connectivity index (χ1v) is 11.4. The quantitative estimate of drug-likeness (QED) is 0.149. The average Bonchev–Trinajstić information content (AvgIpc) is 2.90. The lowest BCUT2D eigenvalue weighted by Crippen LogP contribution is -2.02. The molecule has 0 saturated heterocycles. The lowest BCUT2D eigenvalue weighted by Gasteiger charge is -2.13. The maximum absolute atomic E-state index is 13.2. The molecule has 0 N–H and O–H groups in total. The molecule has 0 bridgehead atoms. The van der Waals surface area contributed by atoms with Crippen molar-refractivity contribution in [3.63, 3.8) is 0 Å². The van der Waals surface area contributed by atoms with E-state index >= 15 is 0 Å². The van der Waals surface area contributed by atoms with Gasteiger partial charge in [-0.05, 0) is 67.7 Å². The molecular formula is C32H22O2. The first-order chi connectivity index (χ1) is 16.8. The van der Waals surface area contributed by atoms with Gasteiger partial charge in [-0.1, -0.05) is 97.1 Å². The lowest BCUT2D eigenvalue weighted by atomic mass is 9.91. The average molecular weight is 439 g/mol.